The van der Waals surface area contributed by atoms with E-state index in [0.29, 0.717) is 18.1 Å². The Balaban J connectivity index is 1.80. The molecule has 3 N–H and O–H groups in total. The predicted molar refractivity (Wildman–Crippen MR) is 98.6 cm³/mol. The maximum absolute atomic E-state index is 13.2. The summed E-state index contributed by atoms with van der Waals surface area (Å²) < 4.78 is 13.2. The Kier molecular flexibility index (Phi) is 5.78. The smallest absolute Gasteiger partial charge is 0.268 e. The molecule has 0 bridgehead atoms. The number of nitrogens with two attached hydrogens (primary N) is 1. The number of aromatic nitrogens is 2. The van der Waals surface area contributed by atoms with Crippen LogP contribution >= 0.6 is 0 Å². The van der Waals surface area contributed by atoms with Gasteiger partial charge in [-0.05, 0) is 43.6 Å². The molecule has 7 heteroatoms. The fraction of sp³-hybridized carbons (Fsp3) is 0.421. The average molecular weight is 357 g/mol. The van der Waals surface area contributed by atoms with Gasteiger partial charge in [0.05, 0.1) is 11.9 Å². The lowest BCUT2D eigenvalue weighted by Gasteiger charge is -2.19. The summed E-state index contributed by atoms with van der Waals surface area (Å²) in [5.74, 6) is -0.433. The monoisotopic (exact) mass is 357 g/mol. The van der Waals surface area contributed by atoms with Crippen molar-refractivity contribution in [3.63, 3.8) is 0 Å². The lowest BCUT2D eigenvalue weighted by molar-refractivity contribution is 0.0995. The second-order valence-corrected chi connectivity index (χ2v) is 6.60. The van der Waals surface area contributed by atoms with Gasteiger partial charge in [0.2, 0.25) is 0 Å². The SMILES string of the molecule is CC(c1ccc(F)cc1)c1ncc(C(N)=O)nc1NCCN1CCCC1. The Morgan fingerprint density at radius 3 is 2.65 bits per heavy atom. The van der Waals surface area contributed by atoms with Crippen molar-refractivity contribution in [1.29, 1.82) is 0 Å². The highest BCUT2D eigenvalue weighted by Gasteiger charge is 2.18. The Hall–Kier alpha value is -2.54. The van der Waals surface area contributed by atoms with Crippen LogP contribution in [0.15, 0.2) is 30.5 Å². The van der Waals surface area contributed by atoms with Crippen molar-refractivity contribution in [3.05, 3.63) is 53.2 Å². The van der Waals surface area contributed by atoms with Crippen LogP contribution in [0.4, 0.5) is 10.2 Å². The maximum Gasteiger partial charge on any atom is 0.268 e. The molecular weight excluding hydrogens is 333 g/mol. The molecule has 1 amide bonds. The van der Waals surface area contributed by atoms with Gasteiger partial charge in [0, 0.05) is 19.0 Å². The maximum atomic E-state index is 13.2. The highest BCUT2D eigenvalue weighted by Crippen LogP contribution is 2.27. The lowest BCUT2D eigenvalue weighted by Crippen LogP contribution is -2.27. The largest absolute Gasteiger partial charge is 0.367 e. The zero-order chi connectivity index (χ0) is 18.5. The molecule has 1 saturated heterocycles. The number of likely N-dealkylation sites (tertiary alicyclic amines) is 1. The molecule has 6 nitrogen and oxygen atoms in total. The lowest BCUT2D eigenvalue weighted by atomic mass is 9.97. The quantitative estimate of drug-likeness (QED) is 0.795. The molecule has 138 valence electrons. The average Bonchev–Trinajstić information content (AvgIpc) is 3.15. The number of hydrogen-bond donors (Lipinski definition) is 2. The molecule has 0 radical (unpaired) electrons. The molecule has 1 aliphatic rings. The second-order valence-electron chi connectivity index (χ2n) is 6.60. The predicted octanol–water partition coefficient (Wildman–Crippen LogP) is 2.37. The van der Waals surface area contributed by atoms with Crippen LogP contribution in [0, 0.1) is 5.82 Å². The summed E-state index contributed by atoms with van der Waals surface area (Å²) in [6.45, 7) is 5.83. The second kappa shape index (κ2) is 8.23. The molecule has 1 unspecified atom stereocenters. The van der Waals surface area contributed by atoms with Crippen molar-refractivity contribution in [1.82, 2.24) is 14.9 Å². The van der Waals surface area contributed by atoms with E-state index in [4.69, 9.17) is 5.73 Å². The van der Waals surface area contributed by atoms with Gasteiger partial charge in [-0.15, -0.1) is 0 Å². The number of primary amides is 1. The van der Waals surface area contributed by atoms with Gasteiger partial charge in [-0.2, -0.15) is 0 Å². The van der Waals surface area contributed by atoms with E-state index < -0.39 is 5.91 Å². The van der Waals surface area contributed by atoms with Gasteiger partial charge in [0.1, 0.15) is 17.3 Å². The van der Waals surface area contributed by atoms with Crippen molar-refractivity contribution in [2.45, 2.75) is 25.7 Å². The molecule has 1 atom stereocenters. The molecular formula is C19H24FN5O. The van der Waals surface area contributed by atoms with Gasteiger partial charge in [-0.25, -0.2) is 9.37 Å². The van der Waals surface area contributed by atoms with Crippen LogP contribution in [0.2, 0.25) is 0 Å². The molecule has 2 heterocycles. The van der Waals surface area contributed by atoms with Crippen molar-refractivity contribution < 1.29 is 9.18 Å². The molecule has 3 rings (SSSR count). The first-order chi connectivity index (χ1) is 12.5. The topological polar surface area (TPSA) is 84.1 Å². The summed E-state index contributed by atoms with van der Waals surface area (Å²) in [6.07, 6.45) is 3.87. The molecule has 1 fully saturated rings. The summed E-state index contributed by atoms with van der Waals surface area (Å²) in [5.41, 5.74) is 7.11. The number of nitrogens with zero attached hydrogens (tertiary/aromatic N) is 3. The van der Waals surface area contributed by atoms with Crippen LogP contribution < -0.4 is 11.1 Å². The van der Waals surface area contributed by atoms with Crippen LogP contribution in [-0.2, 0) is 0 Å². The van der Waals surface area contributed by atoms with Gasteiger partial charge in [-0.3, -0.25) is 9.78 Å². The van der Waals surface area contributed by atoms with Crippen molar-refractivity contribution >= 4 is 11.7 Å². The van der Waals surface area contributed by atoms with E-state index >= 15 is 0 Å². The minimum absolute atomic E-state index is 0.0979. The van der Waals surface area contributed by atoms with Gasteiger partial charge in [-0.1, -0.05) is 19.1 Å². The zero-order valence-corrected chi connectivity index (χ0v) is 14.9. The summed E-state index contributed by atoms with van der Waals surface area (Å²) in [4.78, 5) is 22.6. The highest BCUT2D eigenvalue weighted by molar-refractivity contribution is 5.90. The van der Waals surface area contributed by atoms with E-state index in [9.17, 15) is 9.18 Å². The summed E-state index contributed by atoms with van der Waals surface area (Å²) in [6, 6.07) is 6.32. The van der Waals surface area contributed by atoms with Crippen LogP contribution in [0.5, 0.6) is 0 Å². The van der Waals surface area contributed by atoms with E-state index in [0.717, 1.165) is 25.2 Å². The third kappa shape index (κ3) is 4.35. The number of hydrogen-bond acceptors (Lipinski definition) is 5. The first-order valence-corrected chi connectivity index (χ1v) is 8.93. The van der Waals surface area contributed by atoms with Crippen molar-refractivity contribution in [3.8, 4) is 0 Å². The zero-order valence-electron chi connectivity index (χ0n) is 14.9. The van der Waals surface area contributed by atoms with Crippen LogP contribution in [0.3, 0.4) is 0 Å². The summed E-state index contributed by atoms with van der Waals surface area (Å²) in [5, 5.41) is 3.30. The van der Waals surface area contributed by atoms with Crippen LogP contribution in [-0.4, -0.2) is 47.0 Å². The van der Waals surface area contributed by atoms with Gasteiger partial charge >= 0.3 is 0 Å². The fourth-order valence-electron chi connectivity index (χ4n) is 3.21. The summed E-state index contributed by atoms with van der Waals surface area (Å²) >= 11 is 0. The van der Waals surface area contributed by atoms with E-state index in [1.807, 2.05) is 6.92 Å². The molecule has 0 saturated carbocycles. The molecule has 1 aromatic carbocycles. The fourth-order valence-corrected chi connectivity index (χ4v) is 3.21. The first-order valence-electron chi connectivity index (χ1n) is 8.93. The molecule has 2 aromatic rings. The number of halogens is 1. The number of carbonyl (C=O) groups is 1. The van der Waals surface area contributed by atoms with E-state index in [2.05, 4.69) is 20.2 Å². The normalized spacial score (nSPS) is 15.8. The molecule has 1 aliphatic heterocycles. The van der Waals surface area contributed by atoms with Gasteiger partial charge in [0.25, 0.3) is 5.91 Å². The Morgan fingerprint density at radius 2 is 2.00 bits per heavy atom. The minimum Gasteiger partial charge on any atom is -0.367 e. The first kappa shape index (κ1) is 18.3. The van der Waals surface area contributed by atoms with Crippen LogP contribution in [0.1, 0.15) is 47.4 Å². The number of anilines is 1. The minimum atomic E-state index is -0.610. The molecule has 1 aromatic heterocycles. The number of nitrogens with one attached hydrogen (secondary N) is 1. The van der Waals surface area contributed by atoms with E-state index in [-0.39, 0.29) is 17.4 Å². The highest BCUT2D eigenvalue weighted by atomic mass is 19.1. The Labute approximate surface area is 152 Å². The summed E-state index contributed by atoms with van der Waals surface area (Å²) in [7, 11) is 0. The standard InChI is InChI=1S/C19H24FN5O/c1-13(14-4-6-15(20)7-5-14)17-19(24-16(12-23-17)18(21)26)22-8-11-25-9-2-3-10-25/h4-7,12-13H,2-3,8-11H2,1H3,(H2,21,26)(H,22,24). The number of benzene rings is 1. The van der Waals surface area contributed by atoms with Gasteiger partial charge < -0.3 is 16.0 Å². The number of amides is 1. The number of rotatable bonds is 7. The Morgan fingerprint density at radius 1 is 1.31 bits per heavy atom. The van der Waals surface area contributed by atoms with E-state index in [1.165, 1.54) is 31.2 Å². The van der Waals surface area contributed by atoms with E-state index in [1.54, 1.807) is 12.1 Å². The molecule has 0 spiro atoms. The van der Waals surface area contributed by atoms with Gasteiger partial charge in [0.15, 0.2) is 0 Å². The van der Waals surface area contributed by atoms with Crippen molar-refractivity contribution in [2.24, 2.45) is 5.73 Å². The third-order valence-corrected chi connectivity index (χ3v) is 4.75. The number of carbonyl (C=O) groups excluding carboxylic acids is 1. The molecule has 0 aliphatic carbocycles. The molecule has 26 heavy (non-hydrogen) atoms. The van der Waals surface area contributed by atoms with Crippen molar-refractivity contribution in [2.75, 3.05) is 31.5 Å². The third-order valence-electron chi connectivity index (χ3n) is 4.75. The Bertz CT molecular complexity index is 759. The van der Waals surface area contributed by atoms with Crippen LogP contribution in [0.25, 0.3) is 0 Å².